The summed E-state index contributed by atoms with van der Waals surface area (Å²) < 4.78 is 10.9. The van der Waals surface area contributed by atoms with Gasteiger partial charge < -0.3 is 14.4 Å². The van der Waals surface area contributed by atoms with E-state index in [1.54, 1.807) is 14.2 Å². The highest BCUT2D eigenvalue weighted by Crippen LogP contribution is 2.39. The van der Waals surface area contributed by atoms with Gasteiger partial charge in [0.1, 0.15) is 18.0 Å². The Morgan fingerprint density at radius 1 is 1.14 bits per heavy atom. The lowest BCUT2D eigenvalue weighted by molar-refractivity contribution is -0.133. The van der Waals surface area contributed by atoms with Crippen molar-refractivity contribution >= 4 is 5.91 Å². The van der Waals surface area contributed by atoms with Crippen molar-refractivity contribution in [2.75, 3.05) is 20.8 Å². The molecule has 3 aromatic rings. The van der Waals surface area contributed by atoms with Gasteiger partial charge in [-0.2, -0.15) is 4.80 Å². The number of nitrogens with zero attached hydrogens (tertiary/aromatic N) is 5. The Hall–Kier alpha value is -3.42. The lowest BCUT2D eigenvalue weighted by Gasteiger charge is -2.26. The van der Waals surface area contributed by atoms with Crippen LogP contribution in [0.5, 0.6) is 11.5 Å². The van der Waals surface area contributed by atoms with Crippen LogP contribution in [0.2, 0.25) is 0 Å². The molecule has 1 saturated heterocycles. The van der Waals surface area contributed by atoms with Crippen LogP contribution in [0.15, 0.2) is 48.5 Å². The van der Waals surface area contributed by atoms with E-state index in [4.69, 9.17) is 9.47 Å². The summed E-state index contributed by atoms with van der Waals surface area (Å²) in [7, 11) is 3.26. The molecule has 1 aliphatic rings. The van der Waals surface area contributed by atoms with Gasteiger partial charge in [0.15, 0.2) is 0 Å². The van der Waals surface area contributed by atoms with Crippen molar-refractivity contribution in [2.24, 2.45) is 0 Å². The fraction of sp³-hybridized carbons (Fsp3) is 0.333. The number of tetrazole rings is 1. The number of ether oxygens (including phenoxy) is 2. The van der Waals surface area contributed by atoms with E-state index in [9.17, 15) is 4.79 Å². The first kappa shape index (κ1) is 18.9. The summed E-state index contributed by atoms with van der Waals surface area (Å²) in [5.74, 6) is 1.95. The summed E-state index contributed by atoms with van der Waals surface area (Å²) in [6.45, 7) is 0.729. The number of carbonyl (C=O) groups is 1. The molecule has 0 aliphatic carbocycles. The molecular formula is C21H23N5O3. The number of hydrogen-bond acceptors (Lipinski definition) is 6. The molecule has 1 atom stereocenters. The molecule has 0 radical (unpaired) electrons. The van der Waals surface area contributed by atoms with Gasteiger partial charge in [-0.15, -0.1) is 10.2 Å². The minimum Gasteiger partial charge on any atom is -0.497 e. The molecule has 2 aromatic carbocycles. The van der Waals surface area contributed by atoms with Crippen molar-refractivity contribution in [1.29, 1.82) is 0 Å². The first-order valence-corrected chi connectivity index (χ1v) is 9.54. The van der Waals surface area contributed by atoms with E-state index in [2.05, 4.69) is 15.4 Å². The lowest BCUT2D eigenvalue weighted by atomic mass is 10.0. The average Bonchev–Trinajstić information content (AvgIpc) is 3.43. The van der Waals surface area contributed by atoms with Crippen molar-refractivity contribution in [2.45, 2.75) is 25.4 Å². The van der Waals surface area contributed by atoms with Crippen LogP contribution in [-0.2, 0) is 11.3 Å². The Labute approximate surface area is 169 Å². The topological polar surface area (TPSA) is 82.4 Å². The van der Waals surface area contributed by atoms with E-state index in [1.165, 1.54) is 4.80 Å². The normalized spacial score (nSPS) is 16.1. The summed E-state index contributed by atoms with van der Waals surface area (Å²) in [6.07, 6.45) is 1.80. The van der Waals surface area contributed by atoms with Gasteiger partial charge in [0, 0.05) is 17.7 Å². The third-order valence-electron chi connectivity index (χ3n) is 5.13. The Morgan fingerprint density at radius 3 is 2.72 bits per heavy atom. The molecule has 1 aliphatic heterocycles. The lowest BCUT2D eigenvalue weighted by Crippen LogP contribution is -2.34. The Balaban J connectivity index is 1.52. The Bertz CT molecular complexity index is 989. The molecule has 150 valence electrons. The van der Waals surface area contributed by atoms with Gasteiger partial charge in [-0.25, -0.2) is 0 Å². The quantitative estimate of drug-likeness (QED) is 0.640. The first-order valence-electron chi connectivity index (χ1n) is 9.54. The van der Waals surface area contributed by atoms with E-state index in [0.29, 0.717) is 12.4 Å². The molecule has 1 amide bonds. The van der Waals surface area contributed by atoms with Crippen molar-refractivity contribution in [1.82, 2.24) is 25.1 Å². The van der Waals surface area contributed by atoms with Gasteiger partial charge in [0.2, 0.25) is 11.7 Å². The second-order valence-corrected chi connectivity index (χ2v) is 6.86. The standard InChI is InChI=1S/C21H23N5O3/c1-28-16-10-11-19(29-2)17(13-16)18-9-6-12-25(18)20(27)14-26-23-21(22-24-26)15-7-4-3-5-8-15/h3-5,7-8,10-11,13,18H,6,9,12,14H2,1-2H3/t18-/m1/s1. The van der Waals surface area contributed by atoms with Crippen LogP contribution < -0.4 is 9.47 Å². The molecule has 1 aromatic heterocycles. The summed E-state index contributed by atoms with van der Waals surface area (Å²) >= 11 is 0. The number of rotatable bonds is 6. The van der Waals surface area contributed by atoms with Crippen molar-refractivity contribution in [3.05, 3.63) is 54.1 Å². The maximum absolute atomic E-state index is 13.0. The molecule has 2 heterocycles. The number of benzene rings is 2. The Morgan fingerprint density at radius 2 is 1.97 bits per heavy atom. The molecule has 8 nitrogen and oxygen atoms in total. The number of amides is 1. The minimum absolute atomic E-state index is 0.0443. The summed E-state index contributed by atoms with van der Waals surface area (Å²) in [6, 6.07) is 15.2. The predicted molar refractivity (Wildman–Crippen MR) is 106 cm³/mol. The van der Waals surface area contributed by atoms with Crippen LogP contribution in [0.25, 0.3) is 11.4 Å². The van der Waals surface area contributed by atoms with E-state index >= 15 is 0 Å². The van der Waals surface area contributed by atoms with Crippen LogP contribution in [0.1, 0.15) is 24.4 Å². The predicted octanol–water partition coefficient (Wildman–Crippen LogP) is 2.72. The molecule has 0 N–H and O–H groups in total. The zero-order valence-corrected chi connectivity index (χ0v) is 16.5. The maximum atomic E-state index is 13.0. The molecule has 8 heteroatoms. The molecular weight excluding hydrogens is 370 g/mol. The monoisotopic (exact) mass is 393 g/mol. The van der Waals surface area contributed by atoms with E-state index in [0.717, 1.165) is 35.5 Å². The Kier molecular flexibility index (Phi) is 5.41. The molecule has 29 heavy (non-hydrogen) atoms. The maximum Gasteiger partial charge on any atom is 0.246 e. The molecule has 1 fully saturated rings. The fourth-order valence-electron chi connectivity index (χ4n) is 3.71. The van der Waals surface area contributed by atoms with Gasteiger partial charge >= 0.3 is 0 Å². The van der Waals surface area contributed by atoms with E-state index in [1.807, 2.05) is 53.4 Å². The number of methoxy groups -OCH3 is 2. The highest BCUT2D eigenvalue weighted by Gasteiger charge is 2.32. The van der Waals surface area contributed by atoms with Gasteiger partial charge in [-0.3, -0.25) is 4.79 Å². The van der Waals surface area contributed by atoms with E-state index in [-0.39, 0.29) is 18.5 Å². The molecule has 0 saturated carbocycles. The van der Waals surface area contributed by atoms with Crippen LogP contribution >= 0.6 is 0 Å². The van der Waals surface area contributed by atoms with Gasteiger partial charge in [-0.1, -0.05) is 30.3 Å². The van der Waals surface area contributed by atoms with Crippen LogP contribution in [0, 0.1) is 0 Å². The average molecular weight is 393 g/mol. The highest BCUT2D eigenvalue weighted by molar-refractivity contribution is 5.77. The number of aromatic nitrogens is 4. The molecule has 0 unspecified atom stereocenters. The molecule has 0 spiro atoms. The fourth-order valence-corrected chi connectivity index (χ4v) is 3.71. The third-order valence-corrected chi connectivity index (χ3v) is 5.13. The minimum atomic E-state index is -0.0651. The third kappa shape index (κ3) is 3.91. The van der Waals surface area contributed by atoms with Crippen LogP contribution in [0.3, 0.4) is 0 Å². The van der Waals surface area contributed by atoms with Crippen LogP contribution in [-0.4, -0.2) is 51.8 Å². The SMILES string of the molecule is COc1ccc(OC)c([C@H]2CCCN2C(=O)Cn2nnc(-c3ccccc3)n2)c1. The largest absolute Gasteiger partial charge is 0.497 e. The second kappa shape index (κ2) is 8.30. The molecule has 0 bridgehead atoms. The second-order valence-electron chi connectivity index (χ2n) is 6.86. The number of carbonyl (C=O) groups excluding carboxylic acids is 1. The van der Waals surface area contributed by atoms with Crippen molar-refractivity contribution < 1.29 is 14.3 Å². The van der Waals surface area contributed by atoms with Gasteiger partial charge in [-0.05, 0) is 36.3 Å². The summed E-state index contributed by atoms with van der Waals surface area (Å²) in [5, 5.41) is 12.5. The first-order chi connectivity index (χ1) is 14.2. The van der Waals surface area contributed by atoms with Crippen molar-refractivity contribution in [3.63, 3.8) is 0 Å². The van der Waals surface area contributed by atoms with E-state index < -0.39 is 0 Å². The summed E-state index contributed by atoms with van der Waals surface area (Å²) in [5.41, 5.74) is 1.82. The number of hydrogen-bond donors (Lipinski definition) is 0. The van der Waals surface area contributed by atoms with Gasteiger partial charge in [0.05, 0.1) is 20.3 Å². The zero-order valence-electron chi connectivity index (χ0n) is 16.5. The van der Waals surface area contributed by atoms with Gasteiger partial charge in [0.25, 0.3) is 0 Å². The smallest absolute Gasteiger partial charge is 0.246 e. The van der Waals surface area contributed by atoms with Crippen LogP contribution in [0.4, 0.5) is 0 Å². The summed E-state index contributed by atoms with van der Waals surface area (Å²) in [4.78, 5) is 16.2. The molecule has 4 rings (SSSR count). The zero-order chi connectivity index (χ0) is 20.2. The number of likely N-dealkylation sites (tertiary alicyclic amines) is 1. The van der Waals surface area contributed by atoms with Crippen molar-refractivity contribution in [3.8, 4) is 22.9 Å². The highest BCUT2D eigenvalue weighted by atomic mass is 16.5.